The van der Waals surface area contributed by atoms with Crippen molar-refractivity contribution >= 4 is 0 Å². The molecule has 0 aliphatic carbocycles. The molecule has 2 rings (SSSR count). The van der Waals surface area contributed by atoms with Gasteiger partial charge in [0.1, 0.15) is 13.2 Å². The summed E-state index contributed by atoms with van der Waals surface area (Å²) < 4.78 is 10.8. The zero-order valence-electron chi connectivity index (χ0n) is 7.12. The van der Waals surface area contributed by atoms with Gasteiger partial charge in [0.2, 0.25) is 0 Å². The van der Waals surface area contributed by atoms with E-state index in [2.05, 4.69) is 5.48 Å². The fourth-order valence-electron chi connectivity index (χ4n) is 1.36. The summed E-state index contributed by atoms with van der Waals surface area (Å²) in [4.78, 5) is 0. The smallest absolute Gasteiger partial charge is 0.165 e. The van der Waals surface area contributed by atoms with Crippen LogP contribution in [0.2, 0.25) is 0 Å². The van der Waals surface area contributed by atoms with Crippen LogP contribution in [0.15, 0.2) is 18.2 Å². The van der Waals surface area contributed by atoms with Crippen molar-refractivity contribution in [2.75, 3.05) is 13.2 Å². The lowest BCUT2D eigenvalue weighted by molar-refractivity contribution is 0.150. The largest absolute Gasteiger partial charge is 0.486 e. The van der Waals surface area contributed by atoms with Crippen LogP contribution in [0.5, 0.6) is 11.5 Å². The second-order valence-electron chi connectivity index (χ2n) is 2.78. The summed E-state index contributed by atoms with van der Waals surface area (Å²) in [6.07, 6.45) is 0. The van der Waals surface area contributed by atoms with Crippen LogP contribution in [0, 0.1) is 0 Å². The second-order valence-corrected chi connectivity index (χ2v) is 2.78. The van der Waals surface area contributed by atoms with Gasteiger partial charge in [-0.05, 0) is 6.07 Å². The van der Waals surface area contributed by atoms with Crippen LogP contribution in [0.1, 0.15) is 5.56 Å². The number of hydrogen-bond donors (Lipinski definition) is 2. The Bertz CT molecular complexity index is 301. The predicted octanol–water partition coefficient (Wildman–Crippen LogP) is 0.937. The molecule has 0 unspecified atom stereocenters. The Morgan fingerprint density at radius 3 is 3.00 bits per heavy atom. The zero-order chi connectivity index (χ0) is 9.10. The maximum atomic E-state index is 8.57. The Morgan fingerprint density at radius 2 is 2.15 bits per heavy atom. The highest BCUT2D eigenvalue weighted by molar-refractivity contribution is 5.47. The van der Waals surface area contributed by atoms with Gasteiger partial charge in [-0.1, -0.05) is 12.1 Å². The average molecular weight is 181 g/mol. The van der Waals surface area contributed by atoms with Crippen molar-refractivity contribution in [3.05, 3.63) is 23.8 Å². The summed E-state index contributed by atoms with van der Waals surface area (Å²) in [5.74, 6) is 1.48. The number of fused-ring (bicyclic) bond motifs is 1. The number of benzene rings is 1. The third-order valence-corrected chi connectivity index (χ3v) is 1.92. The molecule has 0 radical (unpaired) electrons. The molecule has 1 aliphatic heterocycles. The first-order valence-electron chi connectivity index (χ1n) is 4.16. The fraction of sp³-hybridized carbons (Fsp3) is 0.333. The van der Waals surface area contributed by atoms with Crippen molar-refractivity contribution in [3.8, 4) is 11.5 Å². The van der Waals surface area contributed by atoms with Gasteiger partial charge in [-0.2, -0.15) is 0 Å². The molecule has 0 amide bonds. The molecular weight excluding hydrogens is 170 g/mol. The minimum atomic E-state index is 0.368. The molecule has 1 heterocycles. The van der Waals surface area contributed by atoms with Crippen LogP contribution in [-0.2, 0) is 6.54 Å². The van der Waals surface area contributed by atoms with Gasteiger partial charge in [-0.3, -0.25) is 0 Å². The van der Waals surface area contributed by atoms with Crippen molar-refractivity contribution in [3.63, 3.8) is 0 Å². The third kappa shape index (κ3) is 1.59. The summed E-state index contributed by atoms with van der Waals surface area (Å²) >= 11 is 0. The van der Waals surface area contributed by atoms with Crippen LogP contribution in [-0.4, -0.2) is 18.4 Å². The quantitative estimate of drug-likeness (QED) is 0.666. The molecule has 0 spiro atoms. The van der Waals surface area contributed by atoms with Gasteiger partial charge in [0.15, 0.2) is 11.5 Å². The Morgan fingerprint density at radius 1 is 1.31 bits per heavy atom. The van der Waals surface area contributed by atoms with Crippen LogP contribution in [0.4, 0.5) is 0 Å². The van der Waals surface area contributed by atoms with E-state index in [0.717, 1.165) is 17.1 Å². The van der Waals surface area contributed by atoms with E-state index < -0.39 is 0 Å². The van der Waals surface area contributed by atoms with Crippen molar-refractivity contribution in [2.24, 2.45) is 0 Å². The lowest BCUT2D eigenvalue weighted by Crippen LogP contribution is -2.18. The van der Waals surface area contributed by atoms with E-state index in [1.54, 1.807) is 0 Å². The Kier molecular flexibility index (Phi) is 2.33. The number of ether oxygens (including phenoxy) is 2. The molecule has 0 bridgehead atoms. The summed E-state index contributed by atoms with van der Waals surface area (Å²) in [5.41, 5.74) is 3.00. The number of nitrogens with one attached hydrogen (secondary N) is 1. The van der Waals surface area contributed by atoms with Crippen LogP contribution < -0.4 is 15.0 Å². The van der Waals surface area contributed by atoms with Crippen LogP contribution >= 0.6 is 0 Å². The van der Waals surface area contributed by atoms with Crippen molar-refractivity contribution in [1.29, 1.82) is 0 Å². The number of para-hydroxylation sites is 1. The topological polar surface area (TPSA) is 50.7 Å². The van der Waals surface area contributed by atoms with Gasteiger partial charge >= 0.3 is 0 Å². The van der Waals surface area contributed by atoms with Crippen LogP contribution in [0.3, 0.4) is 0 Å². The van der Waals surface area contributed by atoms with Gasteiger partial charge in [0.25, 0.3) is 0 Å². The molecule has 1 aliphatic rings. The highest BCUT2D eigenvalue weighted by atomic mass is 16.6. The standard InChI is InChI=1S/C9H11NO3/c11-10-6-7-2-1-3-8-9(7)13-5-4-12-8/h1-3,10-11H,4-6H2. The molecule has 13 heavy (non-hydrogen) atoms. The summed E-state index contributed by atoms with van der Waals surface area (Å²) in [7, 11) is 0. The van der Waals surface area contributed by atoms with E-state index in [4.69, 9.17) is 14.7 Å². The molecular formula is C9H11NO3. The maximum absolute atomic E-state index is 8.57. The molecule has 0 fully saturated rings. The fourth-order valence-corrected chi connectivity index (χ4v) is 1.36. The lowest BCUT2D eigenvalue weighted by atomic mass is 10.2. The molecule has 4 nitrogen and oxygen atoms in total. The minimum absolute atomic E-state index is 0.368. The molecule has 70 valence electrons. The SMILES string of the molecule is ONCc1cccc2c1OCCO2. The first kappa shape index (κ1) is 8.34. The van der Waals surface area contributed by atoms with Gasteiger partial charge in [0, 0.05) is 12.1 Å². The van der Waals surface area contributed by atoms with Crippen molar-refractivity contribution < 1.29 is 14.7 Å². The molecule has 0 saturated carbocycles. The summed E-state index contributed by atoms with van der Waals surface area (Å²) in [6, 6.07) is 5.62. The maximum Gasteiger partial charge on any atom is 0.165 e. The Hall–Kier alpha value is -1.26. The molecule has 1 aromatic carbocycles. The molecule has 0 saturated heterocycles. The number of hydroxylamine groups is 1. The van der Waals surface area contributed by atoms with Crippen LogP contribution in [0.25, 0.3) is 0 Å². The number of rotatable bonds is 2. The van der Waals surface area contributed by atoms with E-state index in [0.29, 0.717) is 19.8 Å². The van der Waals surface area contributed by atoms with Gasteiger partial charge in [-0.15, -0.1) is 0 Å². The average Bonchev–Trinajstić information content (AvgIpc) is 2.19. The first-order valence-corrected chi connectivity index (χ1v) is 4.16. The highest BCUT2D eigenvalue weighted by Gasteiger charge is 2.14. The van der Waals surface area contributed by atoms with E-state index in [1.165, 1.54) is 0 Å². The van der Waals surface area contributed by atoms with Crippen molar-refractivity contribution in [2.45, 2.75) is 6.54 Å². The van der Waals surface area contributed by atoms with E-state index >= 15 is 0 Å². The lowest BCUT2D eigenvalue weighted by Gasteiger charge is -2.20. The molecule has 2 N–H and O–H groups in total. The number of hydrogen-bond acceptors (Lipinski definition) is 4. The van der Waals surface area contributed by atoms with E-state index in [-0.39, 0.29) is 0 Å². The first-order chi connectivity index (χ1) is 6.42. The molecule has 4 heteroatoms. The van der Waals surface area contributed by atoms with E-state index in [9.17, 15) is 0 Å². The zero-order valence-corrected chi connectivity index (χ0v) is 7.12. The normalized spacial score (nSPS) is 14.2. The molecule has 1 aromatic rings. The minimum Gasteiger partial charge on any atom is -0.486 e. The van der Waals surface area contributed by atoms with Gasteiger partial charge < -0.3 is 14.7 Å². The molecule has 0 aromatic heterocycles. The highest BCUT2D eigenvalue weighted by Crippen LogP contribution is 2.33. The third-order valence-electron chi connectivity index (χ3n) is 1.92. The van der Waals surface area contributed by atoms with E-state index in [1.807, 2.05) is 18.2 Å². The summed E-state index contributed by atoms with van der Waals surface area (Å²) in [5, 5.41) is 8.57. The second kappa shape index (κ2) is 3.64. The monoisotopic (exact) mass is 181 g/mol. The van der Waals surface area contributed by atoms with Gasteiger partial charge in [-0.25, -0.2) is 5.48 Å². The van der Waals surface area contributed by atoms with Crippen molar-refractivity contribution in [1.82, 2.24) is 5.48 Å². The summed E-state index contributed by atoms with van der Waals surface area (Å²) in [6.45, 7) is 1.52. The van der Waals surface area contributed by atoms with Gasteiger partial charge in [0.05, 0.1) is 0 Å². The predicted molar refractivity (Wildman–Crippen MR) is 46.1 cm³/mol. The molecule has 0 atom stereocenters. The Labute approximate surface area is 76.0 Å². The Balaban J connectivity index is 2.34.